The third-order valence-corrected chi connectivity index (χ3v) is 4.36. The monoisotopic (exact) mass is 411 g/mol. The van der Waals surface area contributed by atoms with Crippen molar-refractivity contribution in [3.63, 3.8) is 0 Å². The van der Waals surface area contributed by atoms with Gasteiger partial charge in [-0.2, -0.15) is 5.10 Å². The third-order valence-electron chi connectivity index (χ3n) is 4.36. The van der Waals surface area contributed by atoms with Gasteiger partial charge in [0, 0.05) is 18.2 Å². The lowest BCUT2D eigenvalue weighted by Gasteiger charge is -2.10. The fraction of sp³-hybridized carbons (Fsp3) is 0.100. The Balaban J connectivity index is 1.71. The molecule has 0 atom stereocenters. The van der Waals surface area contributed by atoms with Crippen LogP contribution in [0.3, 0.4) is 0 Å². The van der Waals surface area contributed by atoms with E-state index in [1.807, 2.05) is 0 Å². The quantitative estimate of drug-likeness (QED) is 0.538. The summed E-state index contributed by atoms with van der Waals surface area (Å²) in [4.78, 5) is 20.0. The summed E-state index contributed by atoms with van der Waals surface area (Å²) in [6.45, 7) is 0. The number of nitrogens with zero attached hydrogens (tertiary/aromatic N) is 4. The van der Waals surface area contributed by atoms with Crippen molar-refractivity contribution in [3.05, 3.63) is 66.4 Å². The molecule has 1 amide bonds. The number of hydrogen-bond acceptors (Lipinski definition) is 6. The summed E-state index contributed by atoms with van der Waals surface area (Å²) in [6, 6.07) is 6.80. The Morgan fingerprint density at radius 2 is 1.97 bits per heavy atom. The third kappa shape index (κ3) is 3.50. The van der Waals surface area contributed by atoms with Gasteiger partial charge in [0.05, 0.1) is 31.4 Å². The number of nitrogens with one attached hydrogen (secondary N) is 1. The van der Waals surface area contributed by atoms with Crippen LogP contribution in [0.2, 0.25) is 0 Å². The van der Waals surface area contributed by atoms with Crippen molar-refractivity contribution in [1.82, 2.24) is 19.7 Å². The second kappa shape index (κ2) is 7.74. The average Bonchev–Trinajstić information content (AvgIpc) is 3.40. The van der Waals surface area contributed by atoms with Gasteiger partial charge in [-0.1, -0.05) is 0 Å². The lowest BCUT2D eigenvalue weighted by Crippen LogP contribution is -2.15. The summed E-state index contributed by atoms with van der Waals surface area (Å²) in [6.07, 6.45) is 4.61. The van der Waals surface area contributed by atoms with Crippen LogP contribution >= 0.6 is 0 Å². The molecule has 3 aromatic heterocycles. The van der Waals surface area contributed by atoms with Crippen molar-refractivity contribution in [2.45, 2.75) is 0 Å². The fourth-order valence-corrected chi connectivity index (χ4v) is 2.95. The molecule has 4 aromatic rings. The van der Waals surface area contributed by atoms with E-state index in [0.29, 0.717) is 28.5 Å². The van der Waals surface area contributed by atoms with Gasteiger partial charge in [0.2, 0.25) is 5.89 Å². The minimum atomic E-state index is -0.986. The van der Waals surface area contributed by atoms with Crippen LogP contribution in [0.25, 0.3) is 22.7 Å². The maximum absolute atomic E-state index is 13.8. The van der Waals surface area contributed by atoms with Crippen LogP contribution < -0.4 is 10.1 Å². The summed E-state index contributed by atoms with van der Waals surface area (Å²) < 4.78 is 39.8. The van der Waals surface area contributed by atoms with Crippen LogP contribution in [0, 0.1) is 11.6 Å². The maximum Gasteiger partial charge on any atom is 0.276 e. The number of aryl methyl sites for hydroxylation is 1. The molecule has 8 nitrogen and oxygen atoms in total. The van der Waals surface area contributed by atoms with Gasteiger partial charge < -0.3 is 14.5 Å². The molecule has 0 spiro atoms. The number of hydrogen-bond donors (Lipinski definition) is 1. The molecule has 4 rings (SSSR count). The molecule has 3 heterocycles. The van der Waals surface area contributed by atoms with Crippen LogP contribution in [0.1, 0.15) is 10.5 Å². The van der Waals surface area contributed by atoms with Crippen LogP contribution in [0.4, 0.5) is 14.5 Å². The lowest BCUT2D eigenvalue weighted by molar-refractivity contribution is 0.102. The Bertz CT molecular complexity index is 1200. The smallest absolute Gasteiger partial charge is 0.276 e. The topological polar surface area (TPSA) is 95.1 Å². The standard InChI is InChI=1S/C20H15F2N5O3/c1-27-16(12-7-11(3-4-17(12)29-2)20-24-5-6-30-20)8-15(26-27)19(28)25-18-13(21)9-23-10-14(18)22/h3-10H,1-2H3,(H,23,25,28). The first kappa shape index (κ1) is 19.2. The van der Waals surface area contributed by atoms with E-state index in [9.17, 15) is 13.6 Å². The highest BCUT2D eigenvalue weighted by Crippen LogP contribution is 2.34. The molecule has 0 saturated carbocycles. The highest BCUT2D eigenvalue weighted by atomic mass is 19.1. The van der Waals surface area contributed by atoms with Crippen LogP contribution in [0.5, 0.6) is 5.75 Å². The van der Waals surface area contributed by atoms with Gasteiger partial charge in [0.1, 0.15) is 17.7 Å². The van der Waals surface area contributed by atoms with E-state index in [1.54, 1.807) is 25.2 Å². The van der Waals surface area contributed by atoms with Crippen molar-refractivity contribution < 1.29 is 22.7 Å². The van der Waals surface area contributed by atoms with E-state index < -0.39 is 23.2 Å². The first-order valence-electron chi connectivity index (χ1n) is 8.70. The minimum absolute atomic E-state index is 0.0355. The number of rotatable bonds is 5. The molecule has 1 N–H and O–H groups in total. The number of carbonyl (C=O) groups excluding carboxylic acids is 1. The summed E-state index contributed by atoms with van der Waals surface area (Å²) in [5, 5.41) is 6.35. The first-order chi connectivity index (χ1) is 14.5. The molecular weight excluding hydrogens is 396 g/mol. The van der Waals surface area contributed by atoms with Crippen LogP contribution in [-0.2, 0) is 7.05 Å². The summed E-state index contributed by atoms with van der Waals surface area (Å²) in [5.41, 5.74) is 1.24. The number of oxazole rings is 1. The molecule has 0 radical (unpaired) electrons. The molecule has 0 aliphatic carbocycles. The molecule has 0 aliphatic heterocycles. The number of ether oxygens (including phenoxy) is 1. The summed E-state index contributed by atoms with van der Waals surface area (Å²) >= 11 is 0. The lowest BCUT2D eigenvalue weighted by atomic mass is 10.1. The zero-order valence-electron chi connectivity index (χ0n) is 15.9. The van der Waals surface area contributed by atoms with E-state index in [4.69, 9.17) is 9.15 Å². The molecule has 0 saturated heterocycles. The van der Waals surface area contributed by atoms with E-state index in [0.717, 1.165) is 12.4 Å². The molecular formula is C20H15F2N5O3. The van der Waals surface area contributed by atoms with Gasteiger partial charge in [-0.25, -0.2) is 13.8 Å². The predicted octanol–water partition coefficient (Wildman–Crippen LogP) is 3.68. The SMILES string of the molecule is COc1ccc(-c2ncco2)cc1-c1cc(C(=O)Nc2c(F)cncc2F)nn1C. The van der Waals surface area contributed by atoms with E-state index >= 15 is 0 Å². The van der Waals surface area contributed by atoms with E-state index in [1.165, 1.54) is 30.3 Å². The number of anilines is 1. The molecule has 10 heteroatoms. The van der Waals surface area contributed by atoms with Crippen molar-refractivity contribution >= 4 is 11.6 Å². The Kier molecular flexibility index (Phi) is 4.97. The normalized spacial score (nSPS) is 10.8. The number of carbonyl (C=O) groups is 1. The zero-order chi connectivity index (χ0) is 21.3. The van der Waals surface area contributed by atoms with Gasteiger partial charge in [-0.3, -0.25) is 14.5 Å². The number of amides is 1. The number of pyridine rings is 1. The van der Waals surface area contributed by atoms with Crippen molar-refractivity contribution in [2.24, 2.45) is 7.05 Å². The van der Waals surface area contributed by atoms with Gasteiger partial charge in [-0.15, -0.1) is 0 Å². The highest BCUT2D eigenvalue weighted by Gasteiger charge is 2.20. The molecule has 30 heavy (non-hydrogen) atoms. The van der Waals surface area contributed by atoms with Crippen molar-refractivity contribution in [2.75, 3.05) is 12.4 Å². The average molecular weight is 411 g/mol. The largest absolute Gasteiger partial charge is 0.496 e. The highest BCUT2D eigenvalue weighted by molar-refractivity contribution is 6.03. The van der Waals surface area contributed by atoms with Gasteiger partial charge >= 0.3 is 0 Å². The Morgan fingerprint density at radius 1 is 1.20 bits per heavy atom. The maximum atomic E-state index is 13.8. The first-order valence-corrected chi connectivity index (χ1v) is 8.70. The number of halogens is 2. The number of aromatic nitrogens is 4. The zero-order valence-corrected chi connectivity index (χ0v) is 15.9. The predicted molar refractivity (Wildman–Crippen MR) is 103 cm³/mol. The van der Waals surface area contributed by atoms with Crippen LogP contribution in [-0.4, -0.2) is 32.8 Å². The van der Waals surface area contributed by atoms with E-state index in [2.05, 4.69) is 20.4 Å². The fourth-order valence-electron chi connectivity index (χ4n) is 2.95. The van der Waals surface area contributed by atoms with Crippen molar-refractivity contribution in [1.29, 1.82) is 0 Å². The Morgan fingerprint density at radius 3 is 2.63 bits per heavy atom. The second-order valence-electron chi connectivity index (χ2n) is 6.22. The molecule has 152 valence electrons. The van der Waals surface area contributed by atoms with Gasteiger partial charge in [0.15, 0.2) is 17.3 Å². The van der Waals surface area contributed by atoms with Crippen molar-refractivity contribution in [3.8, 4) is 28.5 Å². The van der Waals surface area contributed by atoms with E-state index in [-0.39, 0.29) is 5.69 Å². The van der Waals surface area contributed by atoms with Gasteiger partial charge in [-0.05, 0) is 24.3 Å². The number of methoxy groups -OCH3 is 1. The summed E-state index contributed by atoms with van der Waals surface area (Å²) in [7, 11) is 3.15. The molecule has 0 bridgehead atoms. The van der Waals surface area contributed by atoms with Gasteiger partial charge in [0.25, 0.3) is 5.91 Å². The molecule has 0 unspecified atom stereocenters. The Hall–Kier alpha value is -4.08. The minimum Gasteiger partial charge on any atom is -0.496 e. The Labute approximate surface area is 169 Å². The second-order valence-corrected chi connectivity index (χ2v) is 6.22. The number of benzene rings is 1. The molecule has 0 aliphatic rings. The molecule has 1 aromatic carbocycles. The van der Waals surface area contributed by atoms with Crippen LogP contribution in [0.15, 0.2) is 53.5 Å². The molecule has 0 fully saturated rings. The summed E-state index contributed by atoms with van der Waals surface area (Å²) in [5.74, 6) is -1.79.